The van der Waals surface area contributed by atoms with Crippen molar-refractivity contribution >= 4 is 47.4 Å². The number of ether oxygens (including phenoxy) is 1. The third-order valence-electron chi connectivity index (χ3n) is 3.97. The number of benzene rings is 2. The quantitative estimate of drug-likeness (QED) is 0.264. The van der Waals surface area contributed by atoms with Gasteiger partial charge in [0, 0.05) is 24.7 Å². The Kier molecular flexibility index (Phi) is 12.1. The predicted octanol–water partition coefficient (Wildman–Crippen LogP) is 3.38. The second-order valence-electron chi connectivity index (χ2n) is 6.13. The highest BCUT2D eigenvalue weighted by molar-refractivity contribution is 14.0. The van der Waals surface area contributed by atoms with Gasteiger partial charge in [-0.1, -0.05) is 35.9 Å². The lowest BCUT2D eigenvalue weighted by Gasteiger charge is -2.11. The Hall–Kier alpha value is -2.00. The molecule has 0 saturated heterocycles. The summed E-state index contributed by atoms with van der Waals surface area (Å²) in [6.45, 7) is 3.91. The number of hydrogen-bond acceptors (Lipinski definition) is 3. The summed E-state index contributed by atoms with van der Waals surface area (Å²) in [6, 6.07) is 15.3. The van der Waals surface area contributed by atoms with Crippen LogP contribution in [-0.2, 0) is 17.8 Å². The van der Waals surface area contributed by atoms with Gasteiger partial charge in [-0.05, 0) is 48.7 Å². The molecular formula is C21H28ClIN4O2. The van der Waals surface area contributed by atoms with Crippen LogP contribution >= 0.6 is 35.6 Å². The molecule has 2 aromatic rings. The van der Waals surface area contributed by atoms with Crippen LogP contribution in [0.15, 0.2) is 53.5 Å². The van der Waals surface area contributed by atoms with Crippen molar-refractivity contribution in [2.75, 3.05) is 26.7 Å². The predicted molar refractivity (Wildman–Crippen MR) is 129 cm³/mol. The average molecular weight is 531 g/mol. The Balaban J connectivity index is 0.00000420. The highest BCUT2D eigenvalue weighted by atomic mass is 127. The molecule has 3 N–H and O–H groups in total. The van der Waals surface area contributed by atoms with E-state index in [1.165, 1.54) is 0 Å². The van der Waals surface area contributed by atoms with Gasteiger partial charge < -0.3 is 20.7 Å². The molecule has 0 fully saturated rings. The molecular weight excluding hydrogens is 503 g/mol. The molecule has 2 rings (SSSR count). The Bertz CT molecular complexity index is 785. The lowest BCUT2D eigenvalue weighted by Crippen LogP contribution is -2.39. The Morgan fingerprint density at radius 3 is 2.48 bits per heavy atom. The minimum Gasteiger partial charge on any atom is -0.497 e. The van der Waals surface area contributed by atoms with Gasteiger partial charge in [0.25, 0.3) is 0 Å². The first kappa shape index (κ1) is 25.0. The third kappa shape index (κ3) is 9.85. The summed E-state index contributed by atoms with van der Waals surface area (Å²) in [5.41, 5.74) is 2.15. The molecule has 1 amide bonds. The minimum absolute atomic E-state index is 0. The van der Waals surface area contributed by atoms with Crippen LogP contribution in [0.2, 0.25) is 5.02 Å². The SMILES string of the molecule is CCNC(=NCC(=O)NCc1ccc(OC)cc1)NCCc1cccc(Cl)c1.I. The standard InChI is InChI=1S/C21H27ClN4O2.HI/c1-3-23-21(24-12-11-16-5-4-6-18(22)13-16)26-15-20(27)25-14-17-7-9-19(28-2)10-8-17;/h4-10,13H,3,11-12,14-15H2,1-2H3,(H,25,27)(H2,23,24,26);1H. The lowest BCUT2D eigenvalue weighted by molar-refractivity contribution is -0.119. The van der Waals surface area contributed by atoms with Gasteiger partial charge >= 0.3 is 0 Å². The number of rotatable bonds is 9. The van der Waals surface area contributed by atoms with Gasteiger partial charge in [0.05, 0.1) is 7.11 Å². The van der Waals surface area contributed by atoms with E-state index in [1.54, 1.807) is 7.11 Å². The number of nitrogens with one attached hydrogen (secondary N) is 3. The number of hydrogen-bond donors (Lipinski definition) is 3. The van der Waals surface area contributed by atoms with Crippen molar-refractivity contribution in [3.63, 3.8) is 0 Å². The number of carbonyl (C=O) groups excluding carboxylic acids is 1. The van der Waals surface area contributed by atoms with E-state index >= 15 is 0 Å². The van der Waals surface area contributed by atoms with E-state index in [0.717, 1.165) is 34.9 Å². The summed E-state index contributed by atoms with van der Waals surface area (Å²) in [4.78, 5) is 16.4. The van der Waals surface area contributed by atoms with Crippen LogP contribution in [0.4, 0.5) is 0 Å². The summed E-state index contributed by atoms with van der Waals surface area (Å²) in [5.74, 6) is 1.27. The summed E-state index contributed by atoms with van der Waals surface area (Å²) in [6.07, 6.45) is 0.814. The molecule has 2 aromatic carbocycles. The van der Waals surface area contributed by atoms with Crippen molar-refractivity contribution in [1.29, 1.82) is 0 Å². The molecule has 0 saturated carbocycles. The maximum Gasteiger partial charge on any atom is 0.242 e. The second kappa shape index (κ2) is 14.1. The van der Waals surface area contributed by atoms with Gasteiger partial charge in [-0.3, -0.25) is 4.79 Å². The molecule has 6 nitrogen and oxygen atoms in total. The number of guanidine groups is 1. The summed E-state index contributed by atoms with van der Waals surface area (Å²) in [5, 5.41) is 9.97. The molecule has 0 aliphatic rings. The smallest absolute Gasteiger partial charge is 0.242 e. The van der Waals surface area contributed by atoms with E-state index in [-0.39, 0.29) is 36.4 Å². The number of carbonyl (C=O) groups is 1. The van der Waals surface area contributed by atoms with Crippen molar-refractivity contribution < 1.29 is 9.53 Å². The number of amides is 1. The summed E-state index contributed by atoms with van der Waals surface area (Å²) < 4.78 is 5.12. The molecule has 158 valence electrons. The molecule has 8 heteroatoms. The molecule has 0 unspecified atom stereocenters. The maximum atomic E-state index is 12.1. The Labute approximate surface area is 194 Å². The van der Waals surface area contributed by atoms with E-state index in [0.29, 0.717) is 19.0 Å². The van der Waals surface area contributed by atoms with Crippen LogP contribution in [0.5, 0.6) is 5.75 Å². The van der Waals surface area contributed by atoms with Gasteiger partial charge in [0.1, 0.15) is 12.3 Å². The van der Waals surface area contributed by atoms with E-state index in [4.69, 9.17) is 16.3 Å². The summed E-state index contributed by atoms with van der Waals surface area (Å²) >= 11 is 6.00. The average Bonchev–Trinajstić information content (AvgIpc) is 2.71. The highest BCUT2D eigenvalue weighted by Gasteiger charge is 2.03. The zero-order chi connectivity index (χ0) is 20.2. The zero-order valence-corrected chi connectivity index (χ0v) is 19.8. The van der Waals surface area contributed by atoms with Crippen molar-refractivity contribution in [2.45, 2.75) is 19.9 Å². The number of aliphatic imine (C=N–C) groups is 1. The number of nitrogens with zero attached hydrogens (tertiary/aromatic N) is 1. The summed E-state index contributed by atoms with van der Waals surface area (Å²) in [7, 11) is 1.62. The van der Waals surface area contributed by atoms with Crippen LogP contribution in [-0.4, -0.2) is 38.6 Å². The fourth-order valence-electron chi connectivity index (χ4n) is 2.51. The topological polar surface area (TPSA) is 74.8 Å². The molecule has 0 spiro atoms. The van der Waals surface area contributed by atoms with Crippen LogP contribution in [0.3, 0.4) is 0 Å². The van der Waals surface area contributed by atoms with E-state index < -0.39 is 0 Å². The largest absolute Gasteiger partial charge is 0.497 e. The van der Waals surface area contributed by atoms with Crippen LogP contribution in [0.1, 0.15) is 18.1 Å². The first-order valence-electron chi connectivity index (χ1n) is 9.27. The van der Waals surface area contributed by atoms with Crippen LogP contribution in [0.25, 0.3) is 0 Å². The fraction of sp³-hybridized carbons (Fsp3) is 0.333. The number of methoxy groups -OCH3 is 1. The molecule has 0 radical (unpaired) electrons. The second-order valence-corrected chi connectivity index (χ2v) is 6.56. The molecule has 0 aromatic heterocycles. The van der Waals surface area contributed by atoms with Gasteiger partial charge in [-0.2, -0.15) is 0 Å². The van der Waals surface area contributed by atoms with Crippen molar-refractivity contribution in [3.8, 4) is 5.75 Å². The Morgan fingerprint density at radius 2 is 1.83 bits per heavy atom. The first-order valence-corrected chi connectivity index (χ1v) is 9.64. The maximum absolute atomic E-state index is 12.1. The van der Waals surface area contributed by atoms with Gasteiger partial charge in [-0.25, -0.2) is 4.99 Å². The molecule has 0 aliphatic heterocycles. The van der Waals surface area contributed by atoms with Crippen LogP contribution in [0, 0.1) is 0 Å². The Morgan fingerprint density at radius 1 is 1.07 bits per heavy atom. The zero-order valence-electron chi connectivity index (χ0n) is 16.7. The minimum atomic E-state index is -0.136. The van der Waals surface area contributed by atoms with E-state index in [1.807, 2.05) is 55.5 Å². The lowest BCUT2D eigenvalue weighted by atomic mass is 10.1. The fourth-order valence-corrected chi connectivity index (χ4v) is 2.72. The van der Waals surface area contributed by atoms with Crippen molar-refractivity contribution in [2.24, 2.45) is 4.99 Å². The third-order valence-corrected chi connectivity index (χ3v) is 4.20. The molecule has 0 aliphatic carbocycles. The van der Waals surface area contributed by atoms with Crippen LogP contribution < -0.4 is 20.7 Å². The first-order chi connectivity index (χ1) is 13.6. The van der Waals surface area contributed by atoms with E-state index in [2.05, 4.69) is 20.9 Å². The number of halogens is 2. The monoisotopic (exact) mass is 530 g/mol. The van der Waals surface area contributed by atoms with E-state index in [9.17, 15) is 4.79 Å². The van der Waals surface area contributed by atoms with Gasteiger partial charge in [0.2, 0.25) is 5.91 Å². The molecule has 0 heterocycles. The van der Waals surface area contributed by atoms with Gasteiger partial charge in [-0.15, -0.1) is 24.0 Å². The molecule has 0 bridgehead atoms. The van der Waals surface area contributed by atoms with Crippen molar-refractivity contribution in [3.05, 3.63) is 64.7 Å². The normalized spacial score (nSPS) is 10.7. The van der Waals surface area contributed by atoms with Crippen molar-refractivity contribution in [1.82, 2.24) is 16.0 Å². The molecule has 0 atom stereocenters. The molecule has 29 heavy (non-hydrogen) atoms. The highest BCUT2D eigenvalue weighted by Crippen LogP contribution is 2.11. The van der Waals surface area contributed by atoms with Gasteiger partial charge in [0.15, 0.2) is 5.96 Å².